The molecule has 1 atom stereocenters. The van der Waals surface area contributed by atoms with Crippen LogP contribution >= 0.6 is 0 Å². The molecule has 0 aliphatic rings. The minimum Gasteiger partial charge on any atom is -0.335 e. The third kappa shape index (κ3) is 2.63. The van der Waals surface area contributed by atoms with Crippen LogP contribution in [0.4, 0.5) is 13.2 Å². The molecule has 0 aliphatic heterocycles. The van der Waals surface area contributed by atoms with Crippen molar-refractivity contribution in [2.45, 2.75) is 25.9 Å². The molecule has 0 aliphatic carbocycles. The largest absolute Gasteiger partial charge is 0.335 e. The number of nitrogens with zero attached hydrogens (tertiary/aromatic N) is 2. The van der Waals surface area contributed by atoms with Crippen molar-refractivity contribution < 1.29 is 13.2 Å². The zero-order valence-corrected chi connectivity index (χ0v) is 10.4. The van der Waals surface area contributed by atoms with Gasteiger partial charge in [-0.15, -0.1) is 0 Å². The second-order valence-electron chi connectivity index (χ2n) is 4.20. The van der Waals surface area contributed by atoms with E-state index < -0.39 is 23.5 Å². The van der Waals surface area contributed by atoms with Gasteiger partial charge in [-0.2, -0.15) is 0 Å². The van der Waals surface area contributed by atoms with Crippen molar-refractivity contribution in [3.63, 3.8) is 0 Å². The quantitative estimate of drug-likeness (QED) is 0.867. The summed E-state index contributed by atoms with van der Waals surface area (Å²) in [5, 5.41) is 0. The Hall–Kier alpha value is -1.82. The number of imidazole rings is 1. The van der Waals surface area contributed by atoms with E-state index in [1.54, 1.807) is 12.4 Å². The molecule has 0 fully saturated rings. The van der Waals surface area contributed by atoms with Gasteiger partial charge in [-0.3, -0.25) is 0 Å². The van der Waals surface area contributed by atoms with Gasteiger partial charge in [0.15, 0.2) is 17.5 Å². The Morgan fingerprint density at radius 2 is 2.00 bits per heavy atom. The maximum Gasteiger partial charge on any atom is 0.194 e. The lowest BCUT2D eigenvalue weighted by molar-refractivity contribution is 0.434. The Morgan fingerprint density at radius 1 is 1.26 bits per heavy atom. The molecule has 2 N–H and O–H groups in total. The summed E-state index contributed by atoms with van der Waals surface area (Å²) in [5.41, 5.74) is 5.80. The Bertz CT molecular complexity index is 581. The molecule has 1 aromatic heterocycles. The maximum absolute atomic E-state index is 13.6. The van der Waals surface area contributed by atoms with E-state index in [1.807, 2.05) is 11.5 Å². The van der Waals surface area contributed by atoms with E-state index in [4.69, 9.17) is 5.73 Å². The highest BCUT2D eigenvalue weighted by Gasteiger charge is 2.19. The lowest BCUT2D eigenvalue weighted by Crippen LogP contribution is -2.18. The molecule has 1 unspecified atom stereocenters. The summed E-state index contributed by atoms with van der Waals surface area (Å²) in [6, 6.07) is 1.26. The van der Waals surface area contributed by atoms with Gasteiger partial charge in [0, 0.05) is 37.0 Å². The van der Waals surface area contributed by atoms with Gasteiger partial charge in [0.25, 0.3) is 0 Å². The minimum atomic E-state index is -1.49. The zero-order valence-electron chi connectivity index (χ0n) is 10.4. The number of hydrogen-bond acceptors (Lipinski definition) is 2. The molecular weight excluding hydrogens is 255 g/mol. The van der Waals surface area contributed by atoms with Gasteiger partial charge in [-0.1, -0.05) is 6.07 Å². The number of benzene rings is 1. The first-order valence-corrected chi connectivity index (χ1v) is 5.93. The first-order chi connectivity index (χ1) is 9.04. The van der Waals surface area contributed by atoms with Crippen LogP contribution in [-0.2, 0) is 13.0 Å². The smallest absolute Gasteiger partial charge is 0.194 e. The predicted molar refractivity (Wildman–Crippen MR) is 64.8 cm³/mol. The highest BCUT2D eigenvalue weighted by atomic mass is 19.2. The average Bonchev–Trinajstić information content (AvgIpc) is 2.83. The fourth-order valence-corrected chi connectivity index (χ4v) is 1.95. The zero-order chi connectivity index (χ0) is 14.0. The van der Waals surface area contributed by atoms with Crippen LogP contribution in [-0.4, -0.2) is 9.55 Å². The van der Waals surface area contributed by atoms with Crippen LogP contribution in [0.15, 0.2) is 24.5 Å². The number of halogens is 3. The fraction of sp³-hybridized carbons (Fsp3) is 0.308. The topological polar surface area (TPSA) is 43.8 Å². The van der Waals surface area contributed by atoms with Gasteiger partial charge in [0.05, 0.1) is 0 Å². The molecule has 2 rings (SSSR count). The van der Waals surface area contributed by atoms with E-state index in [2.05, 4.69) is 4.98 Å². The average molecular weight is 269 g/mol. The Balaban J connectivity index is 2.25. The van der Waals surface area contributed by atoms with Crippen LogP contribution in [0.5, 0.6) is 0 Å². The standard InChI is InChI=1S/C13H14F3N3/c1-2-19-6-5-18-11(19)7-10(17)8-3-4-9(14)13(16)12(8)15/h3-6,10H,2,7,17H2,1H3. The second kappa shape index (κ2) is 5.44. The third-order valence-corrected chi connectivity index (χ3v) is 3.01. The number of hydrogen-bond donors (Lipinski definition) is 1. The summed E-state index contributed by atoms with van der Waals surface area (Å²) in [7, 11) is 0. The molecule has 2 aromatic rings. The monoisotopic (exact) mass is 269 g/mol. The molecule has 0 radical (unpaired) electrons. The van der Waals surface area contributed by atoms with Crippen LogP contribution in [0.3, 0.4) is 0 Å². The third-order valence-electron chi connectivity index (χ3n) is 3.01. The normalized spacial score (nSPS) is 12.7. The van der Waals surface area contributed by atoms with Gasteiger partial charge >= 0.3 is 0 Å². The molecule has 0 saturated carbocycles. The Labute approximate surface area is 108 Å². The summed E-state index contributed by atoms with van der Waals surface area (Å²) in [4.78, 5) is 4.11. The van der Waals surface area contributed by atoms with Crippen LogP contribution in [0.1, 0.15) is 24.4 Å². The summed E-state index contributed by atoms with van der Waals surface area (Å²) < 4.78 is 41.5. The molecule has 0 amide bonds. The van der Waals surface area contributed by atoms with Gasteiger partial charge in [0.2, 0.25) is 0 Å². The first kappa shape index (κ1) is 13.6. The Morgan fingerprint density at radius 3 is 2.68 bits per heavy atom. The van der Waals surface area contributed by atoms with Crippen molar-refractivity contribution in [3.8, 4) is 0 Å². The number of rotatable bonds is 4. The second-order valence-corrected chi connectivity index (χ2v) is 4.20. The molecule has 6 heteroatoms. The molecule has 102 valence electrons. The van der Waals surface area contributed by atoms with Gasteiger partial charge < -0.3 is 10.3 Å². The van der Waals surface area contributed by atoms with E-state index in [0.717, 1.165) is 12.1 Å². The molecule has 0 bridgehead atoms. The first-order valence-electron chi connectivity index (χ1n) is 5.93. The highest BCUT2D eigenvalue weighted by Crippen LogP contribution is 2.22. The van der Waals surface area contributed by atoms with E-state index in [1.165, 1.54) is 0 Å². The maximum atomic E-state index is 13.6. The molecule has 3 nitrogen and oxygen atoms in total. The van der Waals surface area contributed by atoms with Crippen molar-refractivity contribution in [2.75, 3.05) is 0 Å². The van der Waals surface area contributed by atoms with E-state index >= 15 is 0 Å². The van der Waals surface area contributed by atoms with Crippen LogP contribution in [0.25, 0.3) is 0 Å². The molecular formula is C13H14F3N3. The van der Waals surface area contributed by atoms with Gasteiger partial charge in [-0.25, -0.2) is 18.2 Å². The van der Waals surface area contributed by atoms with Crippen molar-refractivity contribution in [3.05, 3.63) is 53.4 Å². The van der Waals surface area contributed by atoms with Crippen molar-refractivity contribution in [1.82, 2.24) is 9.55 Å². The summed E-state index contributed by atoms with van der Waals surface area (Å²) >= 11 is 0. The number of aromatic nitrogens is 2. The van der Waals surface area contributed by atoms with E-state index in [9.17, 15) is 13.2 Å². The number of aryl methyl sites for hydroxylation is 1. The van der Waals surface area contributed by atoms with Gasteiger partial charge in [-0.05, 0) is 13.0 Å². The Kier molecular flexibility index (Phi) is 3.90. The molecule has 0 spiro atoms. The molecule has 19 heavy (non-hydrogen) atoms. The van der Waals surface area contributed by atoms with E-state index in [-0.39, 0.29) is 12.0 Å². The number of nitrogens with two attached hydrogens (primary N) is 1. The van der Waals surface area contributed by atoms with Crippen molar-refractivity contribution >= 4 is 0 Å². The summed E-state index contributed by atoms with van der Waals surface area (Å²) in [5.74, 6) is -3.27. The highest BCUT2D eigenvalue weighted by molar-refractivity contribution is 5.24. The molecule has 0 saturated heterocycles. The van der Waals surface area contributed by atoms with Gasteiger partial charge in [0.1, 0.15) is 5.82 Å². The fourth-order valence-electron chi connectivity index (χ4n) is 1.95. The molecule has 1 aromatic carbocycles. The predicted octanol–water partition coefficient (Wildman–Crippen LogP) is 2.56. The van der Waals surface area contributed by atoms with Crippen molar-refractivity contribution in [1.29, 1.82) is 0 Å². The summed E-state index contributed by atoms with van der Waals surface area (Å²) in [6.07, 6.45) is 3.65. The van der Waals surface area contributed by atoms with Crippen molar-refractivity contribution in [2.24, 2.45) is 5.73 Å². The van der Waals surface area contributed by atoms with E-state index in [0.29, 0.717) is 12.4 Å². The lowest BCUT2D eigenvalue weighted by Gasteiger charge is -2.14. The van der Waals surface area contributed by atoms with Crippen LogP contribution < -0.4 is 5.73 Å². The molecule has 1 heterocycles. The summed E-state index contributed by atoms with van der Waals surface area (Å²) in [6.45, 7) is 2.65. The minimum absolute atomic E-state index is 0.0513. The lowest BCUT2D eigenvalue weighted by atomic mass is 10.0. The SMILES string of the molecule is CCn1ccnc1CC(N)c1ccc(F)c(F)c1F. The van der Waals surface area contributed by atoms with Crippen LogP contribution in [0.2, 0.25) is 0 Å². The van der Waals surface area contributed by atoms with Crippen LogP contribution in [0, 0.1) is 17.5 Å².